The van der Waals surface area contributed by atoms with E-state index in [9.17, 15) is 4.39 Å². The maximum Gasteiger partial charge on any atom is 0.146 e. The molecule has 0 amide bonds. The Kier molecular flexibility index (Phi) is 4.25. The van der Waals surface area contributed by atoms with Crippen LogP contribution in [0.25, 0.3) is 0 Å². The number of halogens is 3. The normalized spacial score (nSPS) is 12.2. The van der Waals surface area contributed by atoms with Crippen LogP contribution >= 0.6 is 27.5 Å². The fourth-order valence-electron chi connectivity index (χ4n) is 1.75. The molecule has 0 saturated heterocycles. The van der Waals surface area contributed by atoms with Crippen LogP contribution in [0, 0.1) is 5.82 Å². The van der Waals surface area contributed by atoms with Crippen LogP contribution in [0.5, 0.6) is 0 Å². The molecule has 2 aromatic rings. The first-order chi connectivity index (χ1) is 8.58. The van der Waals surface area contributed by atoms with E-state index in [1.807, 2.05) is 31.2 Å². The van der Waals surface area contributed by atoms with E-state index < -0.39 is 0 Å². The van der Waals surface area contributed by atoms with E-state index in [1.54, 1.807) is 6.07 Å². The van der Waals surface area contributed by atoms with Crippen LogP contribution in [0.3, 0.4) is 0 Å². The second kappa shape index (κ2) is 5.72. The molecule has 0 bridgehead atoms. The molecule has 0 saturated carbocycles. The van der Waals surface area contributed by atoms with Crippen molar-refractivity contribution in [3.63, 3.8) is 0 Å². The van der Waals surface area contributed by atoms with E-state index in [4.69, 9.17) is 11.6 Å². The summed E-state index contributed by atoms with van der Waals surface area (Å²) >= 11 is 9.35. The Labute approximate surface area is 119 Å². The van der Waals surface area contributed by atoms with Gasteiger partial charge in [0.1, 0.15) is 5.82 Å². The Balaban J connectivity index is 2.24. The predicted octanol–water partition coefficient (Wildman–Crippen LogP) is 5.41. The Morgan fingerprint density at radius 1 is 1.22 bits per heavy atom. The van der Waals surface area contributed by atoms with Gasteiger partial charge in [-0.3, -0.25) is 0 Å². The van der Waals surface area contributed by atoms with Crippen LogP contribution in [-0.4, -0.2) is 0 Å². The maximum atomic E-state index is 13.6. The molecule has 0 spiro atoms. The smallest absolute Gasteiger partial charge is 0.146 e. The molecule has 1 N–H and O–H groups in total. The molecule has 4 heteroatoms. The zero-order chi connectivity index (χ0) is 13.1. The molecule has 0 aliphatic heterocycles. The summed E-state index contributed by atoms with van der Waals surface area (Å²) in [5, 5.41) is 3.63. The molecule has 0 radical (unpaired) electrons. The van der Waals surface area contributed by atoms with Gasteiger partial charge in [-0.05, 0) is 36.8 Å². The summed E-state index contributed by atoms with van der Waals surface area (Å²) in [6.07, 6.45) is 0. The van der Waals surface area contributed by atoms with Gasteiger partial charge in [0.05, 0.1) is 5.69 Å². The fraction of sp³-hybridized carbons (Fsp3) is 0.143. The summed E-state index contributed by atoms with van der Waals surface area (Å²) in [4.78, 5) is 0. The molecule has 0 aliphatic rings. The lowest BCUT2D eigenvalue weighted by molar-refractivity contribution is 0.627. The molecule has 2 rings (SSSR count). The van der Waals surface area contributed by atoms with E-state index in [0.29, 0.717) is 10.7 Å². The highest BCUT2D eigenvalue weighted by molar-refractivity contribution is 9.10. The van der Waals surface area contributed by atoms with Crippen molar-refractivity contribution in [3.8, 4) is 0 Å². The van der Waals surface area contributed by atoms with Gasteiger partial charge in [-0.15, -0.1) is 0 Å². The topological polar surface area (TPSA) is 12.0 Å². The van der Waals surface area contributed by atoms with Crippen molar-refractivity contribution in [1.29, 1.82) is 0 Å². The average molecular weight is 329 g/mol. The zero-order valence-corrected chi connectivity index (χ0v) is 12.1. The van der Waals surface area contributed by atoms with Crippen LogP contribution in [0.1, 0.15) is 18.5 Å². The van der Waals surface area contributed by atoms with Gasteiger partial charge >= 0.3 is 0 Å². The minimum Gasteiger partial charge on any atom is -0.376 e. The van der Waals surface area contributed by atoms with Gasteiger partial charge in [-0.1, -0.05) is 45.7 Å². The van der Waals surface area contributed by atoms with Gasteiger partial charge in [-0.2, -0.15) is 0 Å². The zero-order valence-electron chi connectivity index (χ0n) is 9.75. The number of nitrogens with one attached hydrogen (secondary N) is 1. The van der Waals surface area contributed by atoms with E-state index in [-0.39, 0.29) is 11.9 Å². The Bertz CT molecular complexity index is 559. The van der Waals surface area contributed by atoms with Crippen LogP contribution in [0.4, 0.5) is 10.1 Å². The molecule has 94 valence electrons. The van der Waals surface area contributed by atoms with E-state index in [2.05, 4.69) is 21.2 Å². The van der Waals surface area contributed by atoms with Crippen molar-refractivity contribution in [3.05, 3.63) is 63.3 Å². The highest BCUT2D eigenvalue weighted by Gasteiger charge is 2.11. The second-order valence-electron chi connectivity index (χ2n) is 4.01. The number of hydrogen-bond acceptors (Lipinski definition) is 1. The van der Waals surface area contributed by atoms with Gasteiger partial charge in [0, 0.05) is 15.5 Å². The highest BCUT2D eigenvalue weighted by atomic mass is 79.9. The molecule has 1 unspecified atom stereocenters. The molecule has 1 nitrogen and oxygen atoms in total. The minimum absolute atomic E-state index is 0.0199. The average Bonchev–Trinajstić information content (AvgIpc) is 2.34. The van der Waals surface area contributed by atoms with Crippen molar-refractivity contribution in [2.45, 2.75) is 13.0 Å². The highest BCUT2D eigenvalue weighted by Crippen LogP contribution is 2.28. The molecule has 18 heavy (non-hydrogen) atoms. The van der Waals surface area contributed by atoms with Gasteiger partial charge in [0.15, 0.2) is 0 Å². The third kappa shape index (κ3) is 3.03. The maximum absolute atomic E-state index is 13.6. The quantitative estimate of drug-likeness (QED) is 0.794. The number of anilines is 1. The van der Waals surface area contributed by atoms with Crippen LogP contribution in [0.2, 0.25) is 5.02 Å². The van der Waals surface area contributed by atoms with Gasteiger partial charge in [0.25, 0.3) is 0 Å². The van der Waals surface area contributed by atoms with E-state index >= 15 is 0 Å². The third-order valence-electron chi connectivity index (χ3n) is 2.67. The molecular weight excluding hydrogens is 317 g/mol. The van der Waals surface area contributed by atoms with E-state index in [1.165, 1.54) is 12.1 Å². The summed E-state index contributed by atoms with van der Waals surface area (Å²) in [5.74, 6) is -0.307. The summed E-state index contributed by atoms with van der Waals surface area (Å²) in [6, 6.07) is 12.3. The summed E-state index contributed by atoms with van der Waals surface area (Å²) in [5.41, 5.74) is 1.47. The summed E-state index contributed by atoms with van der Waals surface area (Å²) < 4.78 is 14.6. The molecular formula is C14H12BrClFN. The Morgan fingerprint density at radius 2 is 1.94 bits per heavy atom. The van der Waals surface area contributed by atoms with Crippen LogP contribution in [-0.2, 0) is 0 Å². The summed E-state index contributed by atoms with van der Waals surface area (Å²) in [7, 11) is 0. The van der Waals surface area contributed by atoms with Crippen molar-refractivity contribution in [1.82, 2.24) is 0 Å². The fourth-order valence-corrected chi connectivity index (χ4v) is 2.55. The molecule has 2 aromatic carbocycles. The number of rotatable bonds is 3. The lowest BCUT2D eigenvalue weighted by atomic mass is 10.1. The second-order valence-corrected chi connectivity index (χ2v) is 5.30. The SMILES string of the molecule is CC(Nc1cc(Cl)ccc1F)c1ccccc1Br. The molecule has 0 aromatic heterocycles. The van der Waals surface area contributed by atoms with Crippen molar-refractivity contribution in [2.24, 2.45) is 0 Å². The van der Waals surface area contributed by atoms with Crippen molar-refractivity contribution < 1.29 is 4.39 Å². The molecule has 0 heterocycles. The van der Waals surface area contributed by atoms with Crippen molar-refractivity contribution >= 4 is 33.2 Å². The lowest BCUT2D eigenvalue weighted by Gasteiger charge is -2.17. The standard InChI is InChI=1S/C14H12BrClFN/c1-9(11-4-2-3-5-12(11)15)18-14-8-10(16)6-7-13(14)17/h2-9,18H,1H3. The lowest BCUT2D eigenvalue weighted by Crippen LogP contribution is -2.08. The van der Waals surface area contributed by atoms with Gasteiger partial charge in [0.2, 0.25) is 0 Å². The first-order valence-electron chi connectivity index (χ1n) is 5.54. The molecule has 0 aliphatic carbocycles. The van der Waals surface area contributed by atoms with Gasteiger partial charge < -0.3 is 5.32 Å². The predicted molar refractivity (Wildman–Crippen MR) is 77.6 cm³/mol. The molecule has 0 fully saturated rings. The Hall–Kier alpha value is -1.06. The van der Waals surface area contributed by atoms with Crippen molar-refractivity contribution in [2.75, 3.05) is 5.32 Å². The first-order valence-corrected chi connectivity index (χ1v) is 6.71. The largest absolute Gasteiger partial charge is 0.376 e. The number of hydrogen-bond donors (Lipinski definition) is 1. The summed E-state index contributed by atoms with van der Waals surface area (Å²) in [6.45, 7) is 1.97. The first kappa shape index (κ1) is 13.4. The monoisotopic (exact) mass is 327 g/mol. The van der Waals surface area contributed by atoms with E-state index in [0.717, 1.165) is 10.0 Å². The third-order valence-corrected chi connectivity index (χ3v) is 3.63. The number of benzene rings is 2. The minimum atomic E-state index is -0.307. The van der Waals surface area contributed by atoms with Crippen LogP contribution < -0.4 is 5.32 Å². The molecule has 1 atom stereocenters. The Morgan fingerprint density at radius 3 is 2.67 bits per heavy atom. The van der Waals surface area contributed by atoms with Crippen LogP contribution in [0.15, 0.2) is 46.9 Å². The van der Waals surface area contributed by atoms with Gasteiger partial charge in [-0.25, -0.2) is 4.39 Å².